The number of carboxylic acid groups (broad SMARTS) is 1. The molecule has 2 rings (SSSR count). The number of amides is 1. The van der Waals surface area contributed by atoms with Gasteiger partial charge in [-0.2, -0.15) is 0 Å². The van der Waals surface area contributed by atoms with Gasteiger partial charge in [-0.1, -0.05) is 12.8 Å². The van der Waals surface area contributed by atoms with Gasteiger partial charge in [0.05, 0.1) is 25.3 Å². The van der Waals surface area contributed by atoms with Gasteiger partial charge in [-0.3, -0.25) is 19.4 Å². The maximum Gasteiger partial charge on any atom is 0.317 e. The second-order valence-corrected chi connectivity index (χ2v) is 6.99. The predicted molar refractivity (Wildman–Crippen MR) is 91.0 cm³/mol. The average Bonchev–Trinajstić information content (AvgIpc) is 2.82. The van der Waals surface area contributed by atoms with Crippen LogP contribution in [0.15, 0.2) is 0 Å². The minimum Gasteiger partial charge on any atom is -0.480 e. The van der Waals surface area contributed by atoms with Crippen LogP contribution < -0.4 is 0 Å². The Morgan fingerprint density at radius 1 is 1.21 bits per heavy atom. The fourth-order valence-electron chi connectivity index (χ4n) is 3.58. The zero-order chi connectivity index (χ0) is 17.5. The summed E-state index contributed by atoms with van der Waals surface area (Å²) in [5, 5.41) is 8.84. The molecule has 2 heterocycles. The summed E-state index contributed by atoms with van der Waals surface area (Å²) in [4.78, 5) is 29.5. The van der Waals surface area contributed by atoms with Crippen LogP contribution in [-0.2, 0) is 14.3 Å². The number of carboxylic acids is 1. The first-order valence-corrected chi connectivity index (χ1v) is 9.02. The lowest BCUT2D eigenvalue weighted by atomic mass is 10.2. The lowest BCUT2D eigenvalue weighted by molar-refractivity contribution is -0.146. The van der Waals surface area contributed by atoms with E-state index in [1.807, 2.05) is 11.8 Å². The lowest BCUT2D eigenvalue weighted by Crippen LogP contribution is -2.54. The molecule has 0 aromatic rings. The Hall–Kier alpha value is -1.18. The highest BCUT2D eigenvalue weighted by atomic mass is 16.5. The number of likely N-dealkylation sites (tertiary alicyclic amines) is 1. The summed E-state index contributed by atoms with van der Waals surface area (Å²) in [6.45, 7) is 6.20. The van der Waals surface area contributed by atoms with Crippen molar-refractivity contribution in [2.24, 2.45) is 0 Å². The van der Waals surface area contributed by atoms with E-state index >= 15 is 0 Å². The Morgan fingerprint density at radius 3 is 2.50 bits per heavy atom. The third-order valence-electron chi connectivity index (χ3n) is 4.92. The summed E-state index contributed by atoms with van der Waals surface area (Å²) < 4.78 is 5.71. The van der Waals surface area contributed by atoms with Crippen LogP contribution in [0.4, 0.5) is 0 Å². The maximum absolute atomic E-state index is 12.8. The Kier molecular flexibility index (Phi) is 7.45. The van der Waals surface area contributed by atoms with E-state index in [0.717, 1.165) is 13.1 Å². The first-order valence-electron chi connectivity index (χ1n) is 9.02. The van der Waals surface area contributed by atoms with Crippen LogP contribution in [0.3, 0.4) is 0 Å². The number of nitrogens with zero attached hydrogens (tertiary/aromatic N) is 3. The molecule has 0 saturated carbocycles. The summed E-state index contributed by atoms with van der Waals surface area (Å²) in [6, 6.07) is -0.0846. The number of ether oxygens (including phenoxy) is 1. The van der Waals surface area contributed by atoms with Gasteiger partial charge in [0.25, 0.3) is 0 Å². The van der Waals surface area contributed by atoms with Crippen LogP contribution >= 0.6 is 0 Å². The van der Waals surface area contributed by atoms with Gasteiger partial charge in [0.15, 0.2) is 0 Å². The highest BCUT2D eigenvalue weighted by Crippen LogP contribution is 2.15. The van der Waals surface area contributed by atoms with Gasteiger partial charge in [-0.15, -0.1) is 0 Å². The van der Waals surface area contributed by atoms with Crippen molar-refractivity contribution in [3.63, 3.8) is 0 Å². The van der Waals surface area contributed by atoms with Crippen LogP contribution in [-0.4, -0.2) is 96.8 Å². The number of hydrogen-bond donors (Lipinski definition) is 1. The first kappa shape index (κ1) is 19.1. The van der Waals surface area contributed by atoms with Gasteiger partial charge in [0, 0.05) is 19.6 Å². The third-order valence-corrected chi connectivity index (χ3v) is 4.92. The van der Waals surface area contributed by atoms with E-state index in [9.17, 15) is 9.59 Å². The van der Waals surface area contributed by atoms with Crippen molar-refractivity contribution in [2.45, 2.75) is 44.8 Å². The molecule has 138 valence electrons. The largest absolute Gasteiger partial charge is 0.480 e. The molecule has 0 spiro atoms. The minimum absolute atomic E-state index is 0.0159. The molecule has 7 heteroatoms. The van der Waals surface area contributed by atoms with Crippen molar-refractivity contribution >= 4 is 11.9 Å². The van der Waals surface area contributed by atoms with Gasteiger partial charge in [-0.05, 0) is 39.9 Å². The fraction of sp³-hybridized carbons (Fsp3) is 0.882. The molecule has 0 aliphatic carbocycles. The summed E-state index contributed by atoms with van der Waals surface area (Å²) in [6.07, 6.45) is 4.73. The van der Waals surface area contributed by atoms with Gasteiger partial charge >= 0.3 is 5.97 Å². The van der Waals surface area contributed by atoms with Crippen molar-refractivity contribution in [3.05, 3.63) is 0 Å². The molecular formula is C17H31N3O4. The van der Waals surface area contributed by atoms with Crippen molar-refractivity contribution in [1.29, 1.82) is 0 Å². The predicted octanol–water partition coefficient (Wildman–Crippen LogP) is 0.495. The van der Waals surface area contributed by atoms with Crippen LogP contribution in [0.25, 0.3) is 0 Å². The summed E-state index contributed by atoms with van der Waals surface area (Å²) in [5.41, 5.74) is 0. The number of likely N-dealkylation sites (N-methyl/N-ethyl adjacent to an activating group) is 1. The fourth-order valence-corrected chi connectivity index (χ4v) is 3.58. The Labute approximate surface area is 144 Å². The highest BCUT2D eigenvalue weighted by Gasteiger charge is 2.30. The molecule has 24 heavy (non-hydrogen) atoms. The van der Waals surface area contributed by atoms with Gasteiger partial charge in [0.2, 0.25) is 5.91 Å². The number of hydrogen-bond acceptors (Lipinski definition) is 5. The van der Waals surface area contributed by atoms with E-state index in [2.05, 4.69) is 4.90 Å². The molecule has 1 amide bonds. The highest BCUT2D eigenvalue weighted by molar-refractivity contribution is 5.81. The van der Waals surface area contributed by atoms with Crippen molar-refractivity contribution in [3.8, 4) is 0 Å². The molecule has 2 saturated heterocycles. The van der Waals surface area contributed by atoms with Crippen LogP contribution in [0.2, 0.25) is 0 Å². The third kappa shape index (κ3) is 5.72. The quantitative estimate of drug-likeness (QED) is 0.758. The molecule has 2 atom stereocenters. The van der Waals surface area contributed by atoms with E-state index in [1.165, 1.54) is 25.7 Å². The van der Waals surface area contributed by atoms with Gasteiger partial charge in [0.1, 0.15) is 0 Å². The number of carbonyl (C=O) groups is 2. The standard InChI is InChI=1S/C17H31N3O4/c1-14(19-7-5-3-4-6-8-19)17(23)20-9-10-24-15(12-20)11-18(2)13-16(21)22/h14-15H,3-13H2,1-2H3,(H,21,22)/t14-,15+/m1/s1. The summed E-state index contributed by atoms with van der Waals surface area (Å²) in [5.74, 6) is -0.679. The second kappa shape index (κ2) is 9.34. The Bertz CT molecular complexity index is 424. The van der Waals surface area contributed by atoms with Crippen LogP contribution in [0, 0.1) is 0 Å². The molecule has 0 bridgehead atoms. The van der Waals surface area contributed by atoms with Gasteiger partial charge < -0.3 is 14.7 Å². The lowest BCUT2D eigenvalue weighted by Gasteiger charge is -2.38. The molecule has 2 fully saturated rings. The Morgan fingerprint density at radius 2 is 1.88 bits per heavy atom. The van der Waals surface area contributed by atoms with Crippen molar-refractivity contribution < 1.29 is 19.4 Å². The second-order valence-electron chi connectivity index (χ2n) is 6.99. The monoisotopic (exact) mass is 341 g/mol. The smallest absolute Gasteiger partial charge is 0.317 e. The number of aliphatic carboxylic acids is 1. The normalized spacial score (nSPS) is 24.6. The summed E-state index contributed by atoms with van der Waals surface area (Å²) in [7, 11) is 1.76. The van der Waals surface area contributed by atoms with E-state index in [-0.39, 0.29) is 24.6 Å². The molecule has 2 aliphatic rings. The number of morpholine rings is 1. The molecule has 0 unspecified atom stereocenters. The molecule has 7 nitrogen and oxygen atoms in total. The number of carbonyl (C=O) groups excluding carboxylic acids is 1. The van der Waals surface area contributed by atoms with Crippen LogP contribution in [0.5, 0.6) is 0 Å². The van der Waals surface area contributed by atoms with Crippen LogP contribution in [0.1, 0.15) is 32.6 Å². The molecule has 2 aliphatic heterocycles. The van der Waals surface area contributed by atoms with Gasteiger partial charge in [-0.25, -0.2) is 0 Å². The van der Waals surface area contributed by atoms with E-state index in [0.29, 0.717) is 26.2 Å². The van der Waals surface area contributed by atoms with Crippen molar-refractivity contribution in [2.75, 3.05) is 52.9 Å². The van der Waals surface area contributed by atoms with Crippen molar-refractivity contribution in [1.82, 2.24) is 14.7 Å². The van der Waals surface area contributed by atoms with E-state index in [1.54, 1.807) is 11.9 Å². The molecule has 1 N–H and O–H groups in total. The summed E-state index contributed by atoms with van der Waals surface area (Å²) >= 11 is 0. The maximum atomic E-state index is 12.8. The Balaban J connectivity index is 1.85. The zero-order valence-electron chi connectivity index (χ0n) is 14.9. The number of rotatable bonds is 6. The molecule has 0 radical (unpaired) electrons. The molecular weight excluding hydrogens is 310 g/mol. The first-order chi connectivity index (χ1) is 11.5. The average molecular weight is 341 g/mol. The van der Waals surface area contributed by atoms with E-state index in [4.69, 9.17) is 9.84 Å². The zero-order valence-corrected chi connectivity index (χ0v) is 14.9. The molecule has 0 aromatic heterocycles. The molecule has 0 aromatic carbocycles. The SMILES string of the molecule is C[C@H](C(=O)N1CCO[C@@H](CN(C)CC(=O)O)C1)N1CCCCCC1. The minimum atomic E-state index is -0.851. The topological polar surface area (TPSA) is 73.3 Å². The van der Waals surface area contributed by atoms with E-state index < -0.39 is 5.97 Å².